The topological polar surface area (TPSA) is 17.3 Å². The van der Waals surface area contributed by atoms with Gasteiger partial charge in [0, 0.05) is 21.1 Å². The van der Waals surface area contributed by atoms with Crippen LogP contribution in [0.3, 0.4) is 0 Å². The van der Waals surface area contributed by atoms with E-state index in [0.717, 1.165) is 24.1 Å². The molecule has 0 fully saturated rings. The molecule has 0 aliphatic heterocycles. The van der Waals surface area contributed by atoms with Gasteiger partial charge in [0.1, 0.15) is 5.65 Å². The highest BCUT2D eigenvalue weighted by Crippen LogP contribution is 2.41. The first-order valence-electron chi connectivity index (χ1n) is 10.3. The summed E-state index contributed by atoms with van der Waals surface area (Å²) in [6, 6.07) is 15.1. The van der Waals surface area contributed by atoms with E-state index in [1.54, 1.807) is 0 Å². The maximum atomic E-state index is 6.57. The van der Waals surface area contributed by atoms with E-state index in [9.17, 15) is 0 Å². The summed E-state index contributed by atoms with van der Waals surface area (Å²) in [6.07, 6.45) is 3.86. The van der Waals surface area contributed by atoms with Crippen molar-refractivity contribution in [3.05, 3.63) is 72.1 Å². The van der Waals surface area contributed by atoms with Crippen LogP contribution in [0.1, 0.15) is 51.8 Å². The van der Waals surface area contributed by atoms with Crippen LogP contribution < -0.4 is 0 Å². The van der Waals surface area contributed by atoms with E-state index >= 15 is 0 Å². The Kier molecular flexibility index (Phi) is 4.74. The van der Waals surface area contributed by atoms with Crippen LogP contribution in [0.4, 0.5) is 0 Å². The van der Waals surface area contributed by atoms with Crippen LogP contribution in [0, 0.1) is 6.92 Å². The summed E-state index contributed by atoms with van der Waals surface area (Å²) in [5.41, 5.74) is 5.58. The summed E-state index contributed by atoms with van der Waals surface area (Å²) in [6.45, 7) is 15.1. The number of hydrogen-bond donors (Lipinski definition) is 0. The molecule has 0 radical (unpaired) electrons. The lowest BCUT2D eigenvalue weighted by Crippen LogP contribution is -2.28. The highest BCUT2D eigenvalue weighted by Gasteiger charge is 2.33. The number of imidazole rings is 1. The number of benzene rings is 2. The van der Waals surface area contributed by atoms with Crippen LogP contribution >= 0.6 is 11.6 Å². The molecule has 4 aromatic rings. The first-order chi connectivity index (χ1) is 13.6. The summed E-state index contributed by atoms with van der Waals surface area (Å²) < 4.78 is 2.35. The molecular weight excluding hydrogens is 376 g/mol. The van der Waals surface area contributed by atoms with Gasteiger partial charge < -0.3 is 0 Å². The van der Waals surface area contributed by atoms with Gasteiger partial charge in [-0.15, -0.1) is 11.6 Å². The molecule has 2 heterocycles. The minimum atomic E-state index is -0.247. The Labute approximate surface area is 178 Å². The number of halogens is 1. The summed E-state index contributed by atoms with van der Waals surface area (Å²) in [4.78, 5) is 4.66. The zero-order valence-corrected chi connectivity index (χ0v) is 18.8. The van der Waals surface area contributed by atoms with Crippen LogP contribution in [0.5, 0.6) is 0 Å². The number of nitrogens with zero attached hydrogens (tertiary/aromatic N) is 2. The minimum Gasteiger partial charge on any atom is -0.295 e. The smallest absolute Gasteiger partial charge is 0.145 e. The monoisotopic (exact) mass is 404 g/mol. The Hall–Kier alpha value is -2.32. The number of rotatable bonds is 5. The summed E-state index contributed by atoms with van der Waals surface area (Å²) in [5, 5.41) is 3.73. The van der Waals surface area contributed by atoms with E-state index in [0.29, 0.717) is 0 Å². The van der Waals surface area contributed by atoms with Gasteiger partial charge in [0.2, 0.25) is 0 Å². The maximum absolute atomic E-state index is 6.57. The van der Waals surface area contributed by atoms with E-state index in [1.165, 1.54) is 32.9 Å². The Morgan fingerprint density at radius 1 is 1.03 bits per heavy atom. The second kappa shape index (κ2) is 6.88. The molecule has 29 heavy (non-hydrogen) atoms. The molecule has 0 spiro atoms. The lowest BCUT2D eigenvalue weighted by molar-refractivity contribution is 0.439. The van der Waals surface area contributed by atoms with Gasteiger partial charge in [-0.2, -0.15) is 0 Å². The molecule has 0 aliphatic carbocycles. The molecular formula is C26H29ClN2. The molecule has 3 heteroatoms. The zero-order valence-electron chi connectivity index (χ0n) is 18.0. The standard InChI is InChI=1S/C26H29ClN2/c1-17(2)26(6,15-14-25(4,5)27)22-16-28-24-20-12-8-7-11-19(20)23-18(3)10-9-13-21(23)29(22)24/h7-13,16H,1,14-15H2,2-6H3. The average Bonchev–Trinajstić information content (AvgIpc) is 3.11. The third-order valence-electron chi connectivity index (χ3n) is 6.42. The maximum Gasteiger partial charge on any atom is 0.145 e. The van der Waals surface area contributed by atoms with Crippen LogP contribution in [-0.2, 0) is 5.41 Å². The van der Waals surface area contributed by atoms with Crippen LogP contribution in [0.15, 0.2) is 60.8 Å². The van der Waals surface area contributed by atoms with Gasteiger partial charge in [-0.25, -0.2) is 4.98 Å². The van der Waals surface area contributed by atoms with E-state index in [4.69, 9.17) is 16.6 Å². The van der Waals surface area contributed by atoms with Crippen molar-refractivity contribution < 1.29 is 0 Å². The van der Waals surface area contributed by atoms with Crippen molar-refractivity contribution >= 4 is 38.9 Å². The molecule has 2 aromatic carbocycles. The quantitative estimate of drug-likeness (QED) is 0.190. The number of hydrogen-bond acceptors (Lipinski definition) is 1. The van der Waals surface area contributed by atoms with Gasteiger partial charge in [0.25, 0.3) is 0 Å². The van der Waals surface area contributed by atoms with Gasteiger partial charge in [-0.1, -0.05) is 55.5 Å². The molecule has 0 saturated carbocycles. The molecule has 0 amide bonds. The van der Waals surface area contributed by atoms with E-state index in [2.05, 4.69) is 88.1 Å². The summed E-state index contributed by atoms with van der Waals surface area (Å²) in [7, 11) is 0. The second-order valence-corrected chi connectivity index (χ2v) is 10.2. The number of allylic oxidation sites excluding steroid dienone is 1. The van der Waals surface area contributed by atoms with Crippen LogP contribution in [-0.4, -0.2) is 14.3 Å². The van der Waals surface area contributed by atoms with Crippen LogP contribution in [0.2, 0.25) is 0 Å². The van der Waals surface area contributed by atoms with Crippen molar-refractivity contribution in [1.29, 1.82) is 0 Å². The molecule has 0 aliphatic rings. The minimum absolute atomic E-state index is 0.218. The SMILES string of the molecule is C=C(C)C(C)(CCC(C)(C)Cl)c1cnc2c3ccccc3c3c(C)cccc3n12. The Morgan fingerprint density at radius 3 is 2.38 bits per heavy atom. The Morgan fingerprint density at radius 2 is 1.72 bits per heavy atom. The van der Waals surface area contributed by atoms with Crippen molar-refractivity contribution in [2.24, 2.45) is 0 Å². The highest BCUT2D eigenvalue weighted by atomic mass is 35.5. The van der Waals surface area contributed by atoms with E-state index in [1.807, 2.05) is 6.20 Å². The summed E-state index contributed by atoms with van der Waals surface area (Å²) in [5.74, 6) is 0. The molecule has 0 N–H and O–H groups in total. The van der Waals surface area contributed by atoms with Gasteiger partial charge in [-0.05, 0) is 57.6 Å². The van der Waals surface area contributed by atoms with E-state index < -0.39 is 0 Å². The lowest BCUT2D eigenvalue weighted by Gasteiger charge is -2.33. The molecule has 150 valence electrons. The zero-order chi connectivity index (χ0) is 21.0. The largest absolute Gasteiger partial charge is 0.295 e. The Balaban J connectivity index is 2.10. The predicted molar refractivity (Wildman–Crippen MR) is 126 cm³/mol. The molecule has 1 atom stereocenters. The van der Waals surface area contributed by atoms with Gasteiger partial charge in [0.05, 0.1) is 17.4 Å². The van der Waals surface area contributed by atoms with Crippen LogP contribution in [0.25, 0.3) is 27.3 Å². The first-order valence-corrected chi connectivity index (χ1v) is 10.6. The average molecular weight is 405 g/mol. The number of alkyl halides is 1. The van der Waals surface area contributed by atoms with Crippen molar-refractivity contribution in [2.45, 2.75) is 57.7 Å². The number of aromatic nitrogens is 2. The van der Waals surface area contributed by atoms with Crippen molar-refractivity contribution in [2.75, 3.05) is 0 Å². The molecule has 4 rings (SSSR count). The third-order valence-corrected chi connectivity index (χ3v) is 6.61. The predicted octanol–water partition coefficient (Wildman–Crippen LogP) is 7.58. The van der Waals surface area contributed by atoms with Gasteiger partial charge >= 0.3 is 0 Å². The molecule has 0 bridgehead atoms. The lowest BCUT2D eigenvalue weighted by atomic mass is 9.75. The Bertz CT molecular complexity index is 1240. The number of pyridine rings is 1. The fourth-order valence-corrected chi connectivity index (χ4v) is 4.46. The highest BCUT2D eigenvalue weighted by molar-refractivity contribution is 6.23. The third kappa shape index (κ3) is 3.24. The molecule has 2 nitrogen and oxygen atoms in total. The fraction of sp³-hybridized carbons (Fsp3) is 0.346. The molecule has 2 aromatic heterocycles. The van der Waals surface area contributed by atoms with Gasteiger partial charge in [0.15, 0.2) is 0 Å². The second-order valence-electron chi connectivity index (χ2n) is 9.15. The number of fused-ring (bicyclic) bond motifs is 6. The normalized spacial score (nSPS) is 14.6. The fourth-order valence-electron chi connectivity index (χ4n) is 4.37. The van der Waals surface area contributed by atoms with Crippen molar-refractivity contribution in [3.8, 4) is 0 Å². The van der Waals surface area contributed by atoms with Gasteiger partial charge in [-0.3, -0.25) is 4.40 Å². The number of aryl methyl sites for hydroxylation is 1. The van der Waals surface area contributed by atoms with Crippen molar-refractivity contribution in [1.82, 2.24) is 9.38 Å². The first kappa shape index (κ1) is 20.0. The van der Waals surface area contributed by atoms with Crippen molar-refractivity contribution in [3.63, 3.8) is 0 Å². The van der Waals surface area contributed by atoms with E-state index in [-0.39, 0.29) is 10.3 Å². The molecule has 1 unspecified atom stereocenters. The molecule has 0 saturated heterocycles. The summed E-state index contributed by atoms with van der Waals surface area (Å²) >= 11 is 6.57.